The van der Waals surface area contributed by atoms with E-state index in [0.29, 0.717) is 22.2 Å². The summed E-state index contributed by atoms with van der Waals surface area (Å²) in [4.78, 5) is 17.0. The predicted molar refractivity (Wildman–Crippen MR) is 85.9 cm³/mol. The van der Waals surface area contributed by atoms with E-state index in [1.807, 2.05) is 18.4 Å². The number of hydrogen-bond donors (Lipinski definition) is 1. The van der Waals surface area contributed by atoms with Crippen LogP contribution in [-0.2, 0) is 0 Å². The maximum Gasteiger partial charge on any atom is 0.336 e. The molecule has 0 fully saturated rings. The molecule has 0 saturated carbocycles. The average Bonchev–Trinajstić information content (AvgIpc) is 2.53. The van der Waals surface area contributed by atoms with Crippen LogP contribution in [0, 0.1) is 5.82 Å². The van der Waals surface area contributed by atoms with Crippen molar-refractivity contribution in [3.05, 3.63) is 59.9 Å². The van der Waals surface area contributed by atoms with Crippen LogP contribution in [0.1, 0.15) is 10.4 Å². The van der Waals surface area contributed by atoms with Crippen molar-refractivity contribution in [3.63, 3.8) is 0 Å². The van der Waals surface area contributed by atoms with E-state index in [1.54, 1.807) is 30.0 Å². The lowest BCUT2D eigenvalue weighted by atomic mass is 10.0. The molecule has 0 saturated heterocycles. The summed E-state index contributed by atoms with van der Waals surface area (Å²) in [6.07, 6.45) is 1.95. The minimum atomic E-state index is -1.01. The molecule has 3 rings (SSSR count). The molecule has 0 atom stereocenters. The number of rotatable bonds is 3. The molecule has 0 aliphatic heterocycles. The van der Waals surface area contributed by atoms with Crippen LogP contribution in [0.3, 0.4) is 0 Å². The number of halogens is 1. The molecule has 3 nitrogen and oxygen atoms in total. The molecule has 0 aliphatic carbocycles. The zero-order chi connectivity index (χ0) is 15.7. The Morgan fingerprint density at radius 3 is 2.50 bits per heavy atom. The van der Waals surface area contributed by atoms with Crippen LogP contribution in [-0.4, -0.2) is 22.3 Å². The second-order valence-electron chi connectivity index (χ2n) is 4.75. The van der Waals surface area contributed by atoms with E-state index >= 15 is 0 Å². The van der Waals surface area contributed by atoms with Gasteiger partial charge >= 0.3 is 5.97 Å². The third kappa shape index (κ3) is 2.67. The highest BCUT2D eigenvalue weighted by Crippen LogP contribution is 2.28. The Morgan fingerprint density at radius 1 is 1.14 bits per heavy atom. The fourth-order valence-corrected chi connectivity index (χ4v) is 2.71. The fraction of sp³-hybridized carbons (Fsp3) is 0.0588. The van der Waals surface area contributed by atoms with Crippen molar-refractivity contribution >= 4 is 28.6 Å². The summed E-state index contributed by atoms with van der Waals surface area (Å²) in [6, 6.07) is 12.9. The number of thioether (sulfide) groups is 1. The highest BCUT2D eigenvalue weighted by atomic mass is 32.2. The molecule has 0 radical (unpaired) electrons. The van der Waals surface area contributed by atoms with Gasteiger partial charge in [-0.1, -0.05) is 6.07 Å². The molecule has 3 aromatic rings. The van der Waals surface area contributed by atoms with E-state index in [9.17, 15) is 14.3 Å². The van der Waals surface area contributed by atoms with E-state index in [1.165, 1.54) is 18.2 Å². The Morgan fingerprint density at radius 2 is 1.86 bits per heavy atom. The fourth-order valence-electron chi connectivity index (χ4n) is 2.28. The quantitative estimate of drug-likeness (QED) is 0.725. The number of carbonyl (C=O) groups is 1. The number of pyridine rings is 1. The van der Waals surface area contributed by atoms with Crippen molar-refractivity contribution < 1.29 is 14.3 Å². The molecule has 5 heteroatoms. The number of aromatic nitrogens is 1. The molecular formula is C17H12FNO2S. The van der Waals surface area contributed by atoms with E-state index in [-0.39, 0.29) is 11.4 Å². The summed E-state index contributed by atoms with van der Waals surface area (Å²) in [5, 5.41) is 10.0. The van der Waals surface area contributed by atoms with Crippen LogP contribution >= 0.6 is 11.8 Å². The third-order valence-electron chi connectivity index (χ3n) is 3.39. The molecule has 0 aliphatic rings. The standard InChI is InChI=1S/C17H12FNO2S/c1-22-12-6-7-13-14(17(20)21)9-15(19-16(13)8-12)10-2-4-11(18)5-3-10/h2-9H,1H3,(H,20,21). The van der Waals surface area contributed by atoms with Gasteiger partial charge in [0.05, 0.1) is 16.8 Å². The monoisotopic (exact) mass is 313 g/mol. The number of carboxylic acid groups (broad SMARTS) is 1. The van der Waals surface area contributed by atoms with Crippen molar-refractivity contribution in [3.8, 4) is 11.3 Å². The normalized spacial score (nSPS) is 10.8. The van der Waals surface area contributed by atoms with Gasteiger partial charge in [-0.15, -0.1) is 11.8 Å². The van der Waals surface area contributed by atoms with Gasteiger partial charge < -0.3 is 5.11 Å². The van der Waals surface area contributed by atoms with Gasteiger partial charge in [-0.25, -0.2) is 14.2 Å². The van der Waals surface area contributed by atoms with Gasteiger partial charge in [0.15, 0.2) is 0 Å². The van der Waals surface area contributed by atoms with Crippen molar-refractivity contribution in [1.29, 1.82) is 0 Å². The second-order valence-corrected chi connectivity index (χ2v) is 5.63. The first-order valence-corrected chi connectivity index (χ1v) is 7.79. The number of fused-ring (bicyclic) bond motifs is 1. The summed E-state index contributed by atoms with van der Waals surface area (Å²) in [5.74, 6) is -1.35. The minimum Gasteiger partial charge on any atom is -0.478 e. The average molecular weight is 313 g/mol. The van der Waals surface area contributed by atoms with Crippen molar-refractivity contribution in [1.82, 2.24) is 4.98 Å². The summed E-state index contributed by atoms with van der Waals surface area (Å²) >= 11 is 1.56. The van der Waals surface area contributed by atoms with E-state index in [2.05, 4.69) is 4.98 Å². The predicted octanol–water partition coefficient (Wildman–Crippen LogP) is 4.46. The lowest BCUT2D eigenvalue weighted by molar-refractivity contribution is 0.0699. The number of carboxylic acids is 1. The largest absolute Gasteiger partial charge is 0.478 e. The zero-order valence-electron chi connectivity index (χ0n) is 11.7. The molecule has 0 amide bonds. The Bertz CT molecular complexity index is 862. The van der Waals surface area contributed by atoms with E-state index < -0.39 is 5.97 Å². The first-order chi connectivity index (χ1) is 10.6. The molecule has 0 bridgehead atoms. The molecule has 1 heterocycles. The highest BCUT2D eigenvalue weighted by Gasteiger charge is 2.13. The molecule has 1 N–H and O–H groups in total. The molecule has 1 aromatic heterocycles. The Kier molecular flexibility index (Phi) is 3.81. The van der Waals surface area contributed by atoms with Crippen LogP contribution in [0.2, 0.25) is 0 Å². The maximum atomic E-state index is 13.0. The van der Waals surface area contributed by atoms with Gasteiger partial charge in [-0.2, -0.15) is 0 Å². The van der Waals surface area contributed by atoms with Gasteiger partial charge in [-0.05, 0) is 48.7 Å². The molecule has 22 heavy (non-hydrogen) atoms. The summed E-state index contributed by atoms with van der Waals surface area (Å²) in [6.45, 7) is 0. The number of hydrogen-bond acceptors (Lipinski definition) is 3. The number of aromatic carboxylic acids is 1. The minimum absolute atomic E-state index is 0.192. The van der Waals surface area contributed by atoms with Crippen LogP contribution in [0.4, 0.5) is 4.39 Å². The van der Waals surface area contributed by atoms with Crippen molar-refractivity contribution in [2.75, 3.05) is 6.26 Å². The van der Waals surface area contributed by atoms with Crippen LogP contribution in [0.15, 0.2) is 53.4 Å². The van der Waals surface area contributed by atoms with E-state index in [0.717, 1.165) is 4.90 Å². The van der Waals surface area contributed by atoms with E-state index in [4.69, 9.17) is 0 Å². The van der Waals surface area contributed by atoms with Crippen LogP contribution < -0.4 is 0 Å². The molecule has 2 aromatic carbocycles. The Balaban J connectivity index is 2.26. The maximum absolute atomic E-state index is 13.0. The molecule has 0 spiro atoms. The van der Waals surface area contributed by atoms with Gasteiger partial charge in [0.1, 0.15) is 5.82 Å². The van der Waals surface area contributed by atoms with Crippen molar-refractivity contribution in [2.24, 2.45) is 0 Å². The third-order valence-corrected chi connectivity index (χ3v) is 4.11. The summed E-state index contributed by atoms with van der Waals surface area (Å²) < 4.78 is 13.0. The smallest absolute Gasteiger partial charge is 0.336 e. The Labute approximate surface area is 130 Å². The van der Waals surface area contributed by atoms with Crippen molar-refractivity contribution in [2.45, 2.75) is 4.90 Å². The number of benzene rings is 2. The molecular weight excluding hydrogens is 301 g/mol. The Hall–Kier alpha value is -2.40. The lowest BCUT2D eigenvalue weighted by Gasteiger charge is -2.08. The summed E-state index contributed by atoms with van der Waals surface area (Å²) in [7, 11) is 0. The van der Waals surface area contributed by atoms with Gasteiger partial charge in [-0.3, -0.25) is 0 Å². The SMILES string of the molecule is CSc1ccc2c(C(=O)O)cc(-c3ccc(F)cc3)nc2c1. The summed E-state index contributed by atoms with van der Waals surface area (Å²) in [5.41, 5.74) is 2.01. The second kappa shape index (κ2) is 5.77. The highest BCUT2D eigenvalue weighted by molar-refractivity contribution is 7.98. The zero-order valence-corrected chi connectivity index (χ0v) is 12.5. The topological polar surface area (TPSA) is 50.2 Å². The molecule has 0 unspecified atom stereocenters. The number of nitrogens with zero attached hydrogens (tertiary/aromatic N) is 1. The van der Waals surface area contributed by atoms with Gasteiger partial charge in [0.2, 0.25) is 0 Å². The van der Waals surface area contributed by atoms with Gasteiger partial charge in [0.25, 0.3) is 0 Å². The van der Waals surface area contributed by atoms with Crippen LogP contribution in [0.5, 0.6) is 0 Å². The molecule has 110 valence electrons. The first kappa shape index (κ1) is 14.5. The first-order valence-electron chi connectivity index (χ1n) is 6.56. The lowest BCUT2D eigenvalue weighted by Crippen LogP contribution is -2.00. The van der Waals surface area contributed by atoms with Crippen LogP contribution in [0.25, 0.3) is 22.2 Å². The van der Waals surface area contributed by atoms with Gasteiger partial charge in [0, 0.05) is 15.8 Å².